The zero-order valence-corrected chi connectivity index (χ0v) is 17.2. The summed E-state index contributed by atoms with van der Waals surface area (Å²) < 4.78 is 0. The Morgan fingerprint density at radius 1 is 0.786 bits per heavy atom. The van der Waals surface area contributed by atoms with Gasteiger partial charge in [0.05, 0.1) is 12.1 Å². The maximum absolute atomic E-state index is 13.5. The Bertz CT molecular complexity index is 1000. The predicted octanol–water partition coefficient (Wildman–Crippen LogP) is 6.88. The van der Waals surface area contributed by atoms with Crippen molar-refractivity contribution in [1.29, 1.82) is 0 Å². The van der Waals surface area contributed by atoms with Gasteiger partial charge in [-0.3, -0.25) is 9.80 Å². The van der Waals surface area contributed by atoms with E-state index in [-0.39, 0.29) is 18.1 Å². The first-order chi connectivity index (χ1) is 13.5. The van der Waals surface area contributed by atoms with Crippen LogP contribution in [0, 0.1) is 6.92 Å². The fraction of sp³-hybridized carbons (Fsp3) is 0.174. The predicted molar refractivity (Wildman–Crippen MR) is 117 cm³/mol. The Morgan fingerprint density at radius 2 is 1.32 bits per heavy atom. The topological polar surface area (TPSA) is 23.6 Å². The third kappa shape index (κ3) is 3.36. The van der Waals surface area contributed by atoms with Crippen molar-refractivity contribution in [2.24, 2.45) is 0 Å². The van der Waals surface area contributed by atoms with E-state index in [9.17, 15) is 4.79 Å². The van der Waals surface area contributed by atoms with Crippen LogP contribution in [0.25, 0.3) is 0 Å². The summed E-state index contributed by atoms with van der Waals surface area (Å²) in [4.78, 5) is 17.2. The lowest BCUT2D eigenvalue weighted by Crippen LogP contribution is -2.33. The number of anilines is 2. The molecular formula is C23H20Cl2N2O. The number of halogens is 2. The Balaban J connectivity index is 1.83. The summed E-state index contributed by atoms with van der Waals surface area (Å²) in [7, 11) is 0. The second kappa shape index (κ2) is 7.50. The smallest absolute Gasteiger partial charge is 0.289 e. The molecule has 3 nitrogen and oxygen atoms in total. The molecular weight excluding hydrogens is 391 g/mol. The zero-order valence-electron chi connectivity index (χ0n) is 15.6. The molecule has 1 saturated heterocycles. The van der Waals surface area contributed by atoms with E-state index < -0.39 is 0 Å². The molecule has 3 aromatic carbocycles. The van der Waals surface area contributed by atoms with Crippen LogP contribution in [0.3, 0.4) is 0 Å². The van der Waals surface area contributed by atoms with Crippen molar-refractivity contribution >= 4 is 40.6 Å². The standard InChI is InChI=1S/C23H20Cl2N2O/c1-15-4-3-5-17(14-15)22-16(2)26(20-10-6-18(24)7-11-20)23(28)27(22)21-12-8-19(25)9-13-21/h3-14,16,22H,1-2H3. The largest absolute Gasteiger partial charge is 0.329 e. The summed E-state index contributed by atoms with van der Waals surface area (Å²) in [5.41, 5.74) is 3.92. The first-order valence-electron chi connectivity index (χ1n) is 9.16. The molecule has 1 aliphatic rings. The highest BCUT2D eigenvalue weighted by Crippen LogP contribution is 2.41. The maximum Gasteiger partial charge on any atom is 0.329 e. The number of rotatable bonds is 3. The molecule has 3 aromatic rings. The summed E-state index contributed by atoms with van der Waals surface area (Å²) in [5, 5.41) is 1.29. The van der Waals surface area contributed by atoms with Gasteiger partial charge >= 0.3 is 6.03 Å². The molecule has 1 fully saturated rings. The van der Waals surface area contributed by atoms with Crippen LogP contribution >= 0.6 is 23.2 Å². The average Bonchev–Trinajstić information content (AvgIpc) is 2.94. The van der Waals surface area contributed by atoms with Crippen LogP contribution in [-0.2, 0) is 0 Å². The number of amides is 2. The van der Waals surface area contributed by atoms with Gasteiger partial charge in [-0.1, -0.05) is 53.0 Å². The number of urea groups is 1. The minimum absolute atomic E-state index is 0.0637. The zero-order chi connectivity index (χ0) is 19.8. The van der Waals surface area contributed by atoms with Crippen molar-refractivity contribution in [2.45, 2.75) is 25.9 Å². The van der Waals surface area contributed by atoms with Crippen LogP contribution in [0.2, 0.25) is 10.0 Å². The van der Waals surface area contributed by atoms with Crippen LogP contribution < -0.4 is 9.80 Å². The van der Waals surface area contributed by atoms with Crippen LogP contribution in [0.4, 0.5) is 16.2 Å². The average molecular weight is 411 g/mol. The van der Waals surface area contributed by atoms with Gasteiger partial charge in [0.25, 0.3) is 0 Å². The molecule has 1 aliphatic heterocycles. The molecule has 2 unspecified atom stereocenters. The lowest BCUT2D eigenvalue weighted by Gasteiger charge is -2.26. The number of benzene rings is 3. The summed E-state index contributed by atoms with van der Waals surface area (Å²) in [6.07, 6.45) is 0. The van der Waals surface area contributed by atoms with E-state index in [4.69, 9.17) is 23.2 Å². The van der Waals surface area contributed by atoms with Crippen molar-refractivity contribution in [2.75, 3.05) is 9.80 Å². The quantitative estimate of drug-likeness (QED) is 0.461. The molecule has 0 spiro atoms. The molecule has 2 atom stereocenters. The maximum atomic E-state index is 13.5. The Kier molecular flexibility index (Phi) is 5.05. The van der Waals surface area contributed by atoms with Gasteiger partial charge in [-0.05, 0) is 67.9 Å². The molecule has 0 bridgehead atoms. The minimum Gasteiger partial charge on any atom is -0.289 e. The van der Waals surface area contributed by atoms with Crippen LogP contribution in [0.5, 0.6) is 0 Å². The van der Waals surface area contributed by atoms with Gasteiger partial charge in [0.2, 0.25) is 0 Å². The number of carbonyl (C=O) groups excluding carboxylic acids is 1. The molecule has 1 heterocycles. The number of hydrogen-bond donors (Lipinski definition) is 0. The van der Waals surface area contributed by atoms with Gasteiger partial charge in [-0.2, -0.15) is 0 Å². The minimum atomic E-state index is -0.121. The highest BCUT2D eigenvalue weighted by Gasteiger charge is 2.45. The molecule has 0 radical (unpaired) electrons. The molecule has 142 valence electrons. The third-order valence-electron chi connectivity index (χ3n) is 5.15. The van der Waals surface area contributed by atoms with E-state index in [1.807, 2.05) is 64.4 Å². The van der Waals surface area contributed by atoms with Gasteiger partial charge < -0.3 is 0 Å². The molecule has 5 heteroatoms. The molecule has 0 aliphatic carbocycles. The van der Waals surface area contributed by atoms with E-state index in [0.29, 0.717) is 10.0 Å². The number of carbonyl (C=O) groups is 1. The van der Waals surface area contributed by atoms with E-state index in [1.165, 1.54) is 0 Å². The number of nitrogens with zero attached hydrogens (tertiary/aromatic N) is 2. The van der Waals surface area contributed by atoms with E-state index in [1.54, 1.807) is 0 Å². The number of hydrogen-bond acceptors (Lipinski definition) is 1. The van der Waals surface area contributed by atoms with E-state index >= 15 is 0 Å². The summed E-state index contributed by atoms with van der Waals surface area (Å²) in [6.45, 7) is 4.14. The Morgan fingerprint density at radius 3 is 1.86 bits per heavy atom. The summed E-state index contributed by atoms with van der Waals surface area (Å²) in [6, 6.07) is 22.9. The van der Waals surface area contributed by atoms with Crippen molar-refractivity contribution in [3.63, 3.8) is 0 Å². The monoisotopic (exact) mass is 410 g/mol. The van der Waals surface area contributed by atoms with E-state index in [0.717, 1.165) is 22.5 Å². The van der Waals surface area contributed by atoms with Crippen molar-refractivity contribution in [3.05, 3.63) is 94.0 Å². The number of aryl methyl sites for hydroxylation is 1. The first kappa shape index (κ1) is 18.9. The molecule has 0 N–H and O–H groups in total. The third-order valence-corrected chi connectivity index (χ3v) is 5.65. The Labute approximate surface area is 175 Å². The Hall–Kier alpha value is -2.49. The van der Waals surface area contributed by atoms with E-state index in [2.05, 4.69) is 32.0 Å². The van der Waals surface area contributed by atoms with Gasteiger partial charge in [-0.25, -0.2) is 4.79 Å². The van der Waals surface area contributed by atoms with Gasteiger partial charge in [0.1, 0.15) is 0 Å². The fourth-order valence-electron chi connectivity index (χ4n) is 3.87. The summed E-state index contributed by atoms with van der Waals surface area (Å²) >= 11 is 12.1. The molecule has 0 saturated carbocycles. The highest BCUT2D eigenvalue weighted by molar-refractivity contribution is 6.31. The molecule has 4 rings (SSSR count). The molecule has 28 heavy (non-hydrogen) atoms. The molecule has 0 aromatic heterocycles. The van der Waals surface area contributed by atoms with Crippen molar-refractivity contribution in [1.82, 2.24) is 0 Å². The van der Waals surface area contributed by atoms with Gasteiger partial charge in [-0.15, -0.1) is 0 Å². The van der Waals surface area contributed by atoms with Crippen LogP contribution in [0.15, 0.2) is 72.8 Å². The summed E-state index contributed by atoms with van der Waals surface area (Å²) in [5.74, 6) is 0. The van der Waals surface area contributed by atoms with Gasteiger partial charge in [0.15, 0.2) is 0 Å². The molecule has 2 amide bonds. The SMILES string of the molecule is Cc1cccc(C2C(C)N(c3ccc(Cl)cc3)C(=O)N2c2ccc(Cl)cc2)c1. The van der Waals surface area contributed by atoms with Crippen molar-refractivity contribution in [3.8, 4) is 0 Å². The second-order valence-electron chi connectivity index (χ2n) is 7.07. The van der Waals surface area contributed by atoms with Crippen molar-refractivity contribution < 1.29 is 4.79 Å². The van der Waals surface area contributed by atoms with Crippen LogP contribution in [0.1, 0.15) is 24.1 Å². The van der Waals surface area contributed by atoms with Crippen LogP contribution in [-0.4, -0.2) is 12.1 Å². The lowest BCUT2D eigenvalue weighted by molar-refractivity contribution is 0.255. The lowest BCUT2D eigenvalue weighted by atomic mass is 9.98. The highest BCUT2D eigenvalue weighted by atomic mass is 35.5. The fourth-order valence-corrected chi connectivity index (χ4v) is 4.12. The normalized spacial score (nSPS) is 19.4. The second-order valence-corrected chi connectivity index (χ2v) is 7.95. The first-order valence-corrected chi connectivity index (χ1v) is 9.91. The van der Waals surface area contributed by atoms with Gasteiger partial charge in [0, 0.05) is 21.4 Å².